The first kappa shape index (κ1) is 20.2. The minimum absolute atomic E-state index is 0.0547. The third-order valence-electron chi connectivity index (χ3n) is 3.87. The Morgan fingerprint density at radius 2 is 1.74 bits per heavy atom. The molecular weight excluding hydrogens is 346 g/mol. The van der Waals surface area contributed by atoms with Crippen LogP contribution in [0.2, 0.25) is 0 Å². The van der Waals surface area contributed by atoms with Gasteiger partial charge in [0.2, 0.25) is 0 Å². The van der Waals surface area contributed by atoms with Crippen molar-refractivity contribution in [2.45, 2.75) is 33.4 Å². The Hall–Kier alpha value is -3.15. The Morgan fingerprint density at radius 3 is 2.37 bits per heavy atom. The van der Waals surface area contributed by atoms with Crippen LogP contribution in [0.5, 0.6) is 5.75 Å². The van der Waals surface area contributed by atoms with E-state index in [1.165, 1.54) is 6.92 Å². The number of esters is 1. The number of benzene rings is 2. The lowest BCUT2D eigenvalue weighted by Gasteiger charge is -2.15. The molecule has 6 nitrogen and oxygen atoms in total. The molecule has 1 amide bonds. The van der Waals surface area contributed by atoms with Crippen LogP contribution in [0.15, 0.2) is 48.5 Å². The summed E-state index contributed by atoms with van der Waals surface area (Å²) in [5.41, 5.74) is 1.57. The summed E-state index contributed by atoms with van der Waals surface area (Å²) in [5, 5.41) is 2.60. The molecule has 2 rings (SSSR count). The third kappa shape index (κ3) is 5.67. The first-order valence-electron chi connectivity index (χ1n) is 8.71. The van der Waals surface area contributed by atoms with E-state index in [-0.39, 0.29) is 18.3 Å². The Morgan fingerprint density at radius 1 is 1.04 bits per heavy atom. The topological polar surface area (TPSA) is 81.7 Å². The number of ketones is 1. The maximum absolute atomic E-state index is 12.2. The Bertz CT molecular complexity index is 817. The number of carbonyl (C=O) groups excluding carboxylic acids is 3. The van der Waals surface area contributed by atoms with Gasteiger partial charge in [-0.3, -0.25) is 9.59 Å². The van der Waals surface area contributed by atoms with E-state index in [2.05, 4.69) is 5.32 Å². The molecule has 0 aliphatic heterocycles. The van der Waals surface area contributed by atoms with E-state index in [1.807, 2.05) is 6.92 Å². The van der Waals surface area contributed by atoms with Crippen LogP contribution in [0.25, 0.3) is 0 Å². The van der Waals surface area contributed by atoms with Crippen LogP contribution in [-0.4, -0.2) is 30.3 Å². The zero-order valence-corrected chi connectivity index (χ0v) is 15.7. The molecule has 0 saturated heterocycles. The fraction of sp³-hybridized carbons (Fsp3) is 0.286. The molecule has 0 heterocycles. The van der Waals surface area contributed by atoms with Gasteiger partial charge >= 0.3 is 5.97 Å². The molecule has 1 atom stereocenters. The molecule has 6 heteroatoms. The van der Waals surface area contributed by atoms with Crippen molar-refractivity contribution in [2.75, 3.05) is 6.61 Å². The second-order valence-electron chi connectivity index (χ2n) is 5.98. The van der Waals surface area contributed by atoms with Gasteiger partial charge in [0.15, 0.2) is 5.78 Å². The number of rotatable bonds is 8. The number of hydrogen-bond donors (Lipinski definition) is 1. The van der Waals surface area contributed by atoms with Gasteiger partial charge in [-0.2, -0.15) is 0 Å². The van der Waals surface area contributed by atoms with Crippen LogP contribution in [-0.2, 0) is 16.1 Å². The van der Waals surface area contributed by atoms with E-state index in [0.29, 0.717) is 29.0 Å². The van der Waals surface area contributed by atoms with E-state index < -0.39 is 12.0 Å². The molecular formula is C21H23NO5. The van der Waals surface area contributed by atoms with E-state index in [9.17, 15) is 14.4 Å². The average Bonchev–Trinajstić information content (AvgIpc) is 2.67. The second kappa shape index (κ2) is 9.52. The Kier molecular flexibility index (Phi) is 7.11. The van der Waals surface area contributed by atoms with Crippen LogP contribution in [0.4, 0.5) is 0 Å². The summed E-state index contributed by atoms with van der Waals surface area (Å²) < 4.78 is 10.8. The third-order valence-corrected chi connectivity index (χ3v) is 3.87. The quantitative estimate of drug-likeness (QED) is 0.571. The van der Waals surface area contributed by atoms with Crippen LogP contribution in [0, 0.1) is 0 Å². The zero-order chi connectivity index (χ0) is 19.8. The molecule has 0 unspecified atom stereocenters. The molecule has 0 aromatic heterocycles. The number of Topliss-reactive ketones (excluding diaryl/α,β-unsaturated/α-hetero) is 1. The summed E-state index contributed by atoms with van der Waals surface area (Å²) in [7, 11) is 0. The highest BCUT2D eigenvalue weighted by atomic mass is 16.5. The highest BCUT2D eigenvalue weighted by molar-refractivity contribution is 5.96. The predicted octanol–water partition coefficient (Wildman–Crippen LogP) is 3.15. The largest absolute Gasteiger partial charge is 0.493 e. The predicted molar refractivity (Wildman–Crippen MR) is 101 cm³/mol. The van der Waals surface area contributed by atoms with Crippen molar-refractivity contribution in [3.63, 3.8) is 0 Å². The molecule has 2 aromatic rings. The molecule has 0 bridgehead atoms. The summed E-state index contributed by atoms with van der Waals surface area (Å²) >= 11 is 0. The molecule has 2 aromatic carbocycles. The van der Waals surface area contributed by atoms with Crippen LogP contribution >= 0.6 is 0 Å². The van der Waals surface area contributed by atoms with Crippen molar-refractivity contribution in [1.82, 2.24) is 5.32 Å². The Labute approximate surface area is 158 Å². The van der Waals surface area contributed by atoms with Gasteiger partial charge in [0.25, 0.3) is 5.91 Å². The van der Waals surface area contributed by atoms with E-state index in [0.717, 1.165) is 0 Å². The number of carbonyl (C=O) groups is 3. The van der Waals surface area contributed by atoms with E-state index in [4.69, 9.17) is 9.47 Å². The van der Waals surface area contributed by atoms with E-state index in [1.54, 1.807) is 55.5 Å². The first-order chi connectivity index (χ1) is 12.9. The summed E-state index contributed by atoms with van der Waals surface area (Å²) in [6.07, 6.45) is 0. The zero-order valence-electron chi connectivity index (χ0n) is 15.7. The van der Waals surface area contributed by atoms with E-state index >= 15 is 0 Å². The van der Waals surface area contributed by atoms with Gasteiger partial charge in [0.1, 0.15) is 18.4 Å². The van der Waals surface area contributed by atoms with Gasteiger partial charge in [-0.15, -0.1) is 0 Å². The highest BCUT2D eigenvalue weighted by Crippen LogP contribution is 2.22. The molecule has 0 aliphatic carbocycles. The maximum Gasteiger partial charge on any atom is 0.328 e. The molecule has 0 radical (unpaired) electrons. The molecule has 142 valence electrons. The SMILES string of the molecule is CCOc1ccc(C(C)=O)cc1COC(=O)[C@H](C)NC(=O)c1ccccc1. The lowest BCUT2D eigenvalue weighted by atomic mass is 10.1. The lowest BCUT2D eigenvalue weighted by Crippen LogP contribution is -2.39. The van der Waals surface area contributed by atoms with Gasteiger partial charge < -0.3 is 14.8 Å². The van der Waals surface area contributed by atoms with Crippen molar-refractivity contribution in [3.8, 4) is 5.75 Å². The Balaban J connectivity index is 2.00. The standard InChI is InChI=1S/C21H23NO5/c1-4-26-19-11-10-17(15(3)23)12-18(19)13-27-21(25)14(2)22-20(24)16-8-6-5-7-9-16/h5-12,14H,4,13H2,1-3H3,(H,22,24)/t14-/m0/s1. The van der Waals surface area contributed by atoms with Crippen LogP contribution in [0.3, 0.4) is 0 Å². The van der Waals surface area contributed by atoms with Gasteiger partial charge in [0, 0.05) is 16.7 Å². The molecule has 0 saturated carbocycles. The lowest BCUT2D eigenvalue weighted by molar-refractivity contribution is -0.146. The van der Waals surface area contributed by atoms with Crippen molar-refractivity contribution >= 4 is 17.7 Å². The van der Waals surface area contributed by atoms with Crippen molar-refractivity contribution in [2.24, 2.45) is 0 Å². The number of amides is 1. The first-order valence-corrected chi connectivity index (χ1v) is 8.71. The fourth-order valence-corrected chi connectivity index (χ4v) is 2.41. The van der Waals surface area contributed by atoms with Gasteiger partial charge in [-0.1, -0.05) is 18.2 Å². The number of nitrogens with one attached hydrogen (secondary N) is 1. The minimum Gasteiger partial charge on any atom is -0.493 e. The summed E-state index contributed by atoms with van der Waals surface area (Å²) in [5.74, 6) is -0.464. The van der Waals surface area contributed by atoms with Gasteiger partial charge in [-0.05, 0) is 51.1 Å². The monoisotopic (exact) mass is 369 g/mol. The smallest absolute Gasteiger partial charge is 0.328 e. The highest BCUT2D eigenvalue weighted by Gasteiger charge is 2.19. The normalized spacial score (nSPS) is 11.4. The van der Waals surface area contributed by atoms with Crippen molar-refractivity contribution < 1.29 is 23.9 Å². The van der Waals surface area contributed by atoms with Crippen LogP contribution < -0.4 is 10.1 Å². The van der Waals surface area contributed by atoms with Crippen LogP contribution in [0.1, 0.15) is 47.1 Å². The maximum atomic E-state index is 12.2. The molecule has 0 aliphatic rings. The summed E-state index contributed by atoms with van der Waals surface area (Å²) in [6, 6.07) is 12.8. The number of ether oxygens (including phenoxy) is 2. The van der Waals surface area contributed by atoms with Gasteiger partial charge in [0.05, 0.1) is 6.61 Å². The summed E-state index contributed by atoms with van der Waals surface area (Å²) in [6.45, 7) is 5.26. The second-order valence-corrected chi connectivity index (χ2v) is 5.98. The number of hydrogen-bond acceptors (Lipinski definition) is 5. The molecule has 0 spiro atoms. The average molecular weight is 369 g/mol. The van der Waals surface area contributed by atoms with Crippen molar-refractivity contribution in [1.29, 1.82) is 0 Å². The molecule has 27 heavy (non-hydrogen) atoms. The fourth-order valence-electron chi connectivity index (χ4n) is 2.41. The molecule has 0 fully saturated rings. The minimum atomic E-state index is -0.816. The van der Waals surface area contributed by atoms with Crippen molar-refractivity contribution in [3.05, 3.63) is 65.2 Å². The molecule has 1 N–H and O–H groups in total. The summed E-state index contributed by atoms with van der Waals surface area (Å²) in [4.78, 5) is 35.9. The van der Waals surface area contributed by atoms with Gasteiger partial charge in [-0.25, -0.2) is 4.79 Å².